The van der Waals surface area contributed by atoms with Crippen molar-refractivity contribution in [3.63, 3.8) is 0 Å². The predicted octanol–water partition coefficient (Wildman–Crippen LogP) is 3.09. The molecule has 0 radical (unpaired) electrons. The van der Waals surface area contributed by atoms with Gasteiger partial charge in [-0.2, -0.15) is 0 Å². The van der Waals surface area contributed by atoms with Crippen molar-refractivity contribution in [1.29, 1.82) is 0 Å². The third kappa shape index (κ3) is 1.58. The van der Waals surface area contributed by atoms with Gasteiger partial charge in [0.05, 0.1) is 10.4 Å². The maximum absolute atomic E-state index is 13.2. The zero-order chi connectivity index (χ0) is 9.26. The lowest BCUT2D eigenvalue weighted by atomic mass is 10.2. The SMILES string of the molecule is Fc1ccc(-c2cncs2)c(F)c1. The van der Waals surface area contributed by atoms with Gasteiger partial charge in [-0.25, -0.2) is 8.78 Å². The fourth-order valence-corrected chi connectivity index (χ4v) is 1.69. The quantitative estimate of drug-likeness (QED) is 0.684. The van der Waals surface area contributed by atoms with E-state index in [-0.39, 0.29) is 0 Å². The Kier molecular flexibility index (Phi) is 2.06. The van der Waals surface area contributed by atoms with Gasteiger partial charge in [0.1, 0.15) is 11.6 Å². The second kappa shape index (κ2) is 3.22. The molecule has 0 saturated heterocycles. The third-order valence-corrected chi connectivity index (χ3v) is 2.44. The van der Waals surface area contributed by atoms with Gasteiger partial charge < -0.3 is 0 Å². The third-order valence-electron chi connectivity index (χ3n) is 1.63. The fourth-order valence-electron chi connectivity index (χ4n) is 1.04. The minimum Gasteiger partial charge on any atom is -0.252 e. The van der Waals surface area contributed by atoms with E-state index in [1.54, 1.807) is 11.7 Å². The van der Waals surface area contributed by atoms with E-state index >= 15 is 0 Å². The lowest BCUT2D eigenvalue weighted by Gasteiger charge is -1.98. The molecule has 0 amide bonds. The lowest BCUT2D eigenvalue weighted by Crippen LogP contribution is -1.83. The molecular weight excluding hydrogens is 192 g/mol. The molecule has 0 fully saturated rings. The number of benzene rings is 1. The molecule has 0 aliphatic rings. The average Bonchev–Trinajstić information content (AvgIpc) is 2.56. The molecule has 0 aliphatic carbocycles. The maximum atomic E-state index is 13.2. The zero-order valence-corrected chi connectivity index (χ0v) is 7.31. The van der Waals surface area contributed by atoms with Gasteiger partial charge in [0.15, 0.2) is 0 Å². The molecule has 1 aromatic heterocycles. The second-order valence-electron chi connectivity index (χ2n) is 2.49. The van der Waals surface area contributed by atoms with Crippen molar-refractivity contribution in [2.75, 3.05) is 0 Å². The molecule has 0 atom stereocenters. The Labute approximate surface area is 77.7 Å². The molecule has 66 valence electrons. The molecule has 2 rings (SSSR count). The van der Waals surface area contributed by atoms with Gasteiger partial charge in [-0.1, -0.05) is 0 Å². The molecule has 0 spiro atoms. The summed E-state index contributed by atoms with van der Waals surface area (Å²) in [5, 5.41) is 0. The first-order valence-electron chi connectivity index (χ1n) is 3.61. The van der Waals surface area contributed by atoms with E-state index in [1.165, 1.54) is 23.5 Å². The molecule has 0 bridgehead atoms. The molecule has 0 N–H and O–H groups in total. The molecule has 0 aliphatic heterocycles. The number of halogens is 2. The van der Waals surface area contributed by atoms with Crippen LogP contribution in [-0.4, -0.2) is 4.98 Å². The summed E-state index contributed by atoms with van der Waals surface area (Å²) < 4.78 is 25.7. The standard InChI is InChI=1S/C9H5F2NS/c10-6-1-2-7(8(11)3-6)9-4-12-5-13-9/h1-5H. The van der Waals surface area contributed by atoms with Gasteiger partial charge in [0, 0.05) is 17.8 Å². The van der Waals surface area contributed by atoms with Crippen molar-refractivity contribution in [2.24, 2.45) is 0 Å². The van der Waals surface area contributed by atoms with Crippen LogP contribution in [0.1, 0.15) is 0 Å². The molecule has 4 heteroatoms. The van der Waals surface area contributed by atoms with Crippen molar-refractivity contribution in [1.82, 2.24) is 4.98 Å². The lowest BCUT2D eigenvalue weighted by molar-refractivity contribution is 0.586. The Morgan fingerprint density at radius 1 is 1.23 bits per heavy atom. The molecule has 1 heterocycles. The van der Waals surface area contributed by atoms with Gasteiger partial charge in [-0.15, -0.1) is 11.3 Å². The largest absolute Gasteiger partial charge is 0.252 e. The van der Waals surface area contributed by atoms with Crippen molar-refractivity contribution in [3.05, 3.63) is 41.5 Å². The minimum absolute atomic E-state index is 0.393. The van der Waals surface area contributed by atoms with E-state index in [0.29, 0.717) is 10.4 Å². The van der Waals surface area contributed by atoms with Crippen LogP contribution in [0.15, 0.2) is 29.9 Å². The number of rotatable bonds is 1. The zero-order valence-electron chi connectivity index (χ0n) is 6.50. The molecule has 1 aromatic carbocycles. The van der Waals surface area contributed by atoms with Crippen molar-refractivity contribution in [2.45, 2.75) is 0 Å². The average molecular weight is 197 g/mol. The first-order valence-corrected chi connectivity index (χ1v) is 4.49. The number of hydrogen-bond donors (Lipinski definition) is 0. The summed E-state index contributed by atoms with van der Waals surface area (Å²) in [7, 11) is 0. The first kappa shape index (κ1) is 8.31. The fraction of sp³-hybridized carbons (Fsp3) is 0. The van der Waals surface area contributed by atoms with Crippen LogP contribution in [0.5, 0.6) is 0 Å². The molecule has 2 aromatic rings. The number of nitrogens with zero attached hydrogens (tertiary/aromatic N) is 1. The van der Waals surface area contributed by atoms with Gasteiger partial charge in [0.2, 0.25) is 0 Å². The van der Waals surface area contributed by atoms with E-state index in [9.17, 15) is 8.78 Å². The van der Waals surface area contributed by atoms with Crippen LogP contribution in [0.4, 0.5) is 8.78 Å². The molecule has 13 heavy (non-hydrogen) atoms. The molecule has 1 nitrogen and oxygen atoms in total. The summed E-state index contributed by atoms with van der Waals surface area (Å²) in [5.41, 5.74) is 2.00. The first-order chi connectivity index (χ1) is 6.27. The highest BCUT2D eigenvalue weighted by Crippen LogP contribution is 2.26. The summed E-state index contributed by atoms with van der Waals surface area (Å²) in [4.78, 5) is 4.53. The predicted molar refractivity (Wildman–Crippen MR) is 47.5 cm³/mol. The molecular formula is C9H5F2NS. The number of hydrogen-bond acceptors (Lipinski definition) is 2. The molecule has 0 saturated carbocycles. The second-order valence-corrected chi connectivity index (χ2v) is 3.38. The van der Waals surface area contributed by atoms with Crippen LogP contribution in [-0.2, 0) is 0 Å². The summed E-state index contributed by atoms with van der Waals surface area (Å²) in [6.45, 7) is 0. The Bertz CT molecular complexity index is 412. The summed E-state index contributed by atoms with van der Waals surface area (Å²) >= 11 is 1.32. The summed E-state index contributed by atoms with van der Waals surface area (Å²) in [6, 6.07) is 3.52. The van der Waals surface area contributed by atoms with Gasteiger partial charge >= 0.3 is 0 Å². The van der Waals surface area contributed by atoms with E-state index < -0.39 is 11.6 Å². The highest BCUT2D eigenvalue weighted by Gasteiger charge is 2.06. The smallest absolute Gasteiger partial charge is 0.134 e. The van der Waals surface area contributed by atoms with Crippen molar-refractivity contribution >= 4 is 11.3 Å². The van der Waals surface area contributed by atoms with E-state index in [2.05, 4.69) is 4.98 Å². The van der Waals surface area contributed by atoms with Crippen LogP contribution in [0, 0.1) is 11.6 Å². The maximum Gasteiger partial charge on any atom is 0.134 e. The number of thiazole rings is 1. The minimum atomic E-state index is -0.564. The number of aromatic nitrogens is 1. The van der Waals surface area contributed by atoms with Crippen LogP contribution < -0.4 is 0 Å². The Morgan fingerprint density at radius 3 is 2.69 bits per heavy atom. The van der Waals surface area contributed by atoms with E-state index in [4.69, 9.17) is 0 Å². The van der Waals surface area contributed by atoms with Crippen molar-refractivity contribution in [3.8, 4) is 10.4 Å². The summed E-state index contributed by atoms with van der Waals surface area (Å²) in [6.07, 6.45) is 1.56. The Hall–Kier alpha value is -1.29. The van der Waals surface area contributed by atoms with Crippen LogP contribution in [0.2, 0.25) is 0 Å². The van der Waals surface area contributed by atoms with Gasteiger partial charge in [-0.05, 0) is 12.1 Å². The van der Waals surface area contributed by atoms with E-state index in [1.807, 2.05) is 0 Å². The topological polar surface area (TPSA) is 12.9 Å². The normalized spacial score (nSPS) is 10.3. The highest BCUT2D eigenvalue weighted by atomic mass is 32.1. The Morgan fingerprint density at radius 2 is 2.08 bits per heavy atom. The van der Waals surface area contributed by atoms with Crippen LogP contribution in [0.25, 0.3) is 10.4 Å². The molecule has 0 unspecified atom stereocenters. The van der Waals surface area contributed by atoms with Gasteiger partial charge in [0.25, 0.3) is 0 Å². The van der Waals surface area contributed by atoms with Crippen LogP contribution in [0.3, 0.4) is 0 Å². The highest BCUT2D eigenvalue weighted by molar-refractivity contribution is 7.13. The van der Waals surface area contributed by atoms with E-state index in [0.717, 1.165) is 6.07 Å². The van der Waals surface area contributed by atoms with Crippen molar-refractivity contribution < 1.29 is 8.78 Å². The Balaban J connectivity index is 2.53. The monoisotopic (exact) mass is 197 g/mol. The van der Waals surface area contributed by atoms with Crippen LogP contribution >= 0.6 is 11.3 Å². The van der Waals surface area contributed by atoms with Gasteiger partial charge in [-0.3, -0.25) is 4.98 Å². The summed E-state index contributed by atoms with van der Waals surface area (Å²) in [5.74, 6) is -1.12.